The number of hydrogen-bond acceptors (Lipinski definition) is 3. The van der Waals surface area contributed by atoms with Gasteiger partial charge in [0.05, 0.1) is 11.3 Å². The Morgan fingerprint density at radius 2 is 1.87 bits per heavy atom. The molecule has 0 atom stereocenters. The highest BCUT2D eigenvalue weighted by atomic mass is 19.4. The van der Waals surface area contributed by atoms with Gasteiger partial charge in [0.15, 0.2) is 0 Å². The molecule has 23 heavy (non-hydrogen) atoms. The summed E-state index contributed by atoms with van der Waals surface area (Å²) < 4.78 is 52.8. The predicted molar refractivity (Wildman–Crippen MR) is 81.6 cm³/mol. The molecule has 3 nitrogen and oxygen atoms in total. The number of nitrogens with zero attached hydrogens (tertiary/aromatic N) is 1. The number of anilines is 1. The molecule has 1 aliphatic rings. The first kappa shape index (κ1) is 17.5. The van der Waals surface area contributed by atoms with Crippen molar-refractivity contribution in [1.82, 2.24) is 0 Å². The van der Waals surface area contributed by atoms with Crippen LogP contribution in [-0.4, -0.2) is 6.18 Å². The van der Waals surface area contributed by atoms with Crippen LogP contribution in [0, 0.1) is 5.82 Å². The summed E-state index contributed by atoms with van der Waals surface area (Å²) in [4.78, 5) is 0. The van der Waals surface area contributed by atoms with Gasteiger partial charge in [-0.05, 0) is 43.4 Å². The minimum absolute atomic E-state index is 0.0372. The number of alkyl halides is 3. The van der Waals surface area contributed by atoms with Gasteiger partial charge in [0, 0.05) is 17.8 Å². The van der Waals surface area contributed by atoms with Crippen LogP contribution in [0.15, 0.2) is 41.6 Å². The van der Waals surface area contributed by atoms with Gasteiger partial charge in [0.25, 0.3) is 0 Å². The molecule has 2 rings (SSSR count). The molecule has 1 aromatic carbocycles. The minimum atomic E-state index is -4.51. The second kappa shape index (κ2) is 6.72. The Hall–Kier alpha value is -1.86. The van der Waals surface area contributed by atoms with E-state index >= 15 is 0 Å². The van der Waals surface area contributed by atoms with Gasteiger partial charge >= 0.3 is 6.18 Å². The second-order valence-corrected chi connectivity index (χ2v) is 5.46. The summed E-state index contributed by atoms with van der Waals surface area (Å²) in [5, 5.41) is 1.12. The molecule has 1 aliphatic carbocycles. The molecule has 0 saturated carbocycles. The van der Waals surface area contributed by atoms with Gasteiger partial charge in [-0.25, -0.2) is 10.2 Å². The first-order valence-electron chi connectivity index (χ1n) is 7.27. The molecule has 0 unspecified atom stereocenters. The number of allylic oxidation sites excluding steroid dienone is 3. The molecule has 7 heteroatoms. The third-order valence-electron chi connectivity index (χ3n) is 3.97. The van der Waals surface area contributed by atoms with Crippen molar-refractivity contribution < 1.29 is 17.6 Å². The summed E-state index contributed by atoms with van der Waals surface area (Å²) in [5.74, 6) is 5.44. The van der Waals surface area contributed by atoms with Crippen molar-refractivity contribution in [3.63, 3.8) is 0 Å². The van der Waals surface area contributed by atoms with Crippen LogP contribution in [0.1, 0.15) is 31.2 Å². The Bertz CT molecular complexity index is 635. The highest BCUT2D eigenvalue weighted by Gasteiger charge is 2.36. The number of nitrogens with two attached hydrogens (primary N) is 2. The van der Waals surface area contributed by atoms with E-state index in [9.17, 15) is 17.6 Å². The highest BCUT2D eigenvalue weighted by Crippen LogP contribution is 2.39. The van der Waals surface area contributed by atoms with Gasteiger partial charge in [-0.15, -0.1) is 0 Å². The average molecular weight is 329 g/mol. The Morgan fingerprint density at radius 1 is 1.22 bits per heavy atom. The summed E-state index contributed by atoms with van der Waals surface area (Å²) in [6, 6.07) is 4.20. The van der Waals surface area contributed by atoms with Crippen molar-refractivity contribution >= 4 is 5.69 Å². The Labute approximate surface area is 132 Å². The lowest BCUT2D eigenvalue weighted by molar-refractivity contribution is -0.0894. The monoisotopic (exact) mass is 329 g/mol. The molecule has 0 radical (unpaired) electrons. The van der Waals surface area contributed by atoms with Crippen LogP contribution in [0.25, 0.3) is 0 Å². The molecule has 126 valence electrons. The van der Waals surface area contributed by atoms with Crippen molar-refractivity contribution in [3.8, 4) is 0 Å². The Balaban J connectivity index is 2.41. The van der Waals surface area contributed by atoms with Crippen molar-refractivity contribution in [2.24, 2.45) is 11.6 Å². The van der Waals surface area contributed by atoms with Crippen molar-refractivity contribution in [2.45, 2.75) is 38.4 Å². The molecule has 0 fully saturated rings. The topological polar surface area (TPSA) is 55.3 Å². The molecule has 0 heterocycles. The van der Waals surface area contributed by atoms with Gasteiger partial charge in [-0.1, -0.05) is 12.6 Å². The van der Waals surface area contributed by atoms with E-state index in [2.05, 4.69) is 6.58 Å². The van der Waals surface area contributed by atoms with Crippen LogP contribution in [0.4, 0.5) is 23.2 Å². The van der Waals surface area contributed by atoms with Crippen LogP contribution in [0.3, 0.4) is 0 Å². The van der Waals surface area contributed by atoms with Crippen LogP contribution >= 0.6 is 0 Å². The maximum Gasteiger partial charge on any atom is 0.416 e. The summed E-state index contributed by atoms with van der Waals surface area (Å²) in [7, 11) is 0. The number of rotatable bonds is 4. The zero-order valence-corrected chi connectivity index (χ0v) is 12.6. The van der Waals surface area contributed by atoms with Gasteiger partial charge in [0.1, 0.15) is 5.82 Å². The molecular weight excluding hydrogens is 310 g/mol. The zero-order chi connectivity index (χ0) is 17.2. The first-order valence-corrected chi connectivity index (χ1v) is 7.27. The van der Waals surface area contributed by atoms with E-state index in [4.69, 9.17) is 11.6 Å². The van der Waals surface area contributed by atoms with Gasteiger partial charge in [-0.2, -0.15) is 13.2 Å². The normalized spacial score (nSPS) is 15.7. The Kier molecular flexibility index (Phi) is 5.11. The summed E-state index contributed by atoms with van der Waals surface area (Å²) >= 11 is 0. The van der Waals surface area contributed by atoms with Crippen LogP contribution < -0.4 is 16.6 Å². The zero-order valence-electron chi connectivity index (χ0n) is 12.6. The quantitative estimate of drug-likeness (QED) is 0.500. The molecule has 4 N–H and O–H groups in total. The molecule has 0 saturated heterocycles. The maximum absolute atomic E-state index is 13.8. The largest absolute Gasteiger partial charge is 0.416 e. The van der Waals surface area contributed by atoms with E-state index < -0.39 is 17.6 Å². The minimum Gasteiger partial charge on any atom is -0.326 e. The number of hydrogen-bond donors (Lipinski definition) is 2. The van der Waals surface area contributed by atoms with E-state index in [1.807, 2.05) is 0 Å². The second-order valence-electron chi connectivity index (χ2n) is 5.46. The van der Waals surface area contributed by atoms with Gasteiger partial charge in [-0.3, -0.25) is 5.01 Å². The van der Waals surface area contributed by atoms with Crippen molar-refractivity contribution in [3.05, 3.63) is 53.0 Å². The van der Waals surface area contributed by atoms with E-state index in [1.165, 1.54) is 12.1 Å². The predicted octanol–water partition coefficient (Wildman–Crippen LogP) is 3.91. The van der Waals surface area contributed by atoms with Crippen LogP contribution in [0.5, 0.6) is 0 Å². The van der Waals surface area contributed by atoms with E-state index in [1.54, 1.807) is 6.07 Å². The lowest BCUT2D eigenvalue weighted by Crippen LogP contribution is -2.33. The van der Waals surface area contributed by atoms with Crippen LogP contribution in [-0.2, 0) is 6.54 Å². The molecule has 0 spiro atoms. The fourth-order valence-corrected chi connectivity index (χ4v) is 2.66. The van der Waals surface area contributed by atoms with E-state index in [-0.39, 0.29) is 24.2 Å². The smallest absolute Gasteiger partial charge is 0.326 e. The first-order chi connectivity index (χ1) is 10.8. The van der Waals surface area contributed by atoms with Crippen molar-refractivity contribution in [2.75, 3.05) is 5.01 Å². The average Bonchev–Trinajstić information content (AvgIpc) is 2.52. The molecule has 0 aromatic heterocycles. The number of hydrazine groups is 1. The summed E-state index contributed by atoms with van der Waals surface area (Å²) in [6.07, 6.45) is -2.50. The fraction of sp³-hybridized carbons (Fsp3) is 0.375. The third-order valence-corrected chi connectivity index (χ3v) is 3.97. The standard InChI is InChI=1S/C16H19F4N3/c1-10(16(18,19)20)13-4-2-3-5-15(13)23(22)12-7-6-11(9-21)14(17)8-12/h6-8H,1-5,9,21-22H2. The molecule has 1 aromatic rings. The Morgan fingerprint density at radius 3 is 2.43 bits per heavy atom. The lowest BCUT2D eigenvalue weighted by Gasteiger charge is -2.30. The maximum atomic E-state index is 13.8. The highest BCUT2D eigenvalue weighted by molar-refractivity contribution is 5.55. The van der Waals surface area contributed by atoms with Gasteiger partial charge < -0.3 is 5.73 Å². The molecular formula is C16H19F4N3. The molecule has 0 aliphatic heterocycles. The van der Waals surface area contributed by atoms with Crippen LogP contribution in [0.2, 0.25) is 0 Å². The van der Waals surface area contributed by atoms with E-state index in [0.29, 0.717) is 24.1 Å². The molecule has 0 amide bonds. The van der Waals surface area contributed by atoms with E-state index in [0.717, 1.165) is 11.4 Å². The third kappa shape index (κ3) is 3.73. The SMILES string of the molecule is C=C(C1=C(N(N)c2ccc(CN)c(F)c2)CCCC1)C(F)(F)F. The van der Waals surface area contributed by atoms with Gasteiger partial charge in [0.2, 0.25) is 0 Å². The summed E-state index contributed by atoms with van der Waals surface area (Å²) in [6.45, 7) is 3.20. The summed E-state index contributed by atoms with van der Waals surface area (Å²) in [5.41, 5.74) is 5.54. The molecule has 0 bridgehead atoms. The number of benzene rings is 1. The fourth-order valence-electron chi connectivity index (χ4n) is 2.66. The van der Waals surface area contributed by atoms with Crippen molar-refractivity contribution in [1.29, 1.82) is 0 Å². The lowest BCUT2D eigenvalue weighted by atomic mass is 9.90. The number of halogens is 4.